The molecule has 1 aromatic rings. The number of aromatic nitrogens is 2. The fourth-order valence-electron chi connectivity index (χ4n) is 1.37. The molecule has 0 spiro atoms. The molecule has 2 rings (SSSR count). The van der Waals surface area contributed by atoms with Gasteiger partial charge >= 0.3 is 0 Å². The molecule has 0 unspecified atom stereocenters. The second-order valence-corrected chi connectivity index (χ2v) is 2.95. The van der Waals surface area contributed by atoms with Gasteiger partial charge in [0.05, 0.1) is 19.4 Å². The lowest BCUT2D eigenvalue weighted by Gasteiger charge is -2.26. The molecule has 1 fully saturated rings. The van der Waals surface area contributed by atoms with Crippen molar-refractivity contribution in [1.29, 1.82) is 0 Å². The molecule has 1 N–H and O–H groups in total. The molecule has 12 heavy (non-hydrogen) atoms. The number of hydrogen-bond acceptors (Lipinski definition) is 3. The number of nitrogens with one attached hydrogen (secondary N) is 1. The van der Waals surface area contributed by atoms with E-state index in [1.807, 2.05) is 13.1 Å². The van der Waals surface area contributed by atoms with E-state index in [4.69, 9.17) is 4.74 Å². The smallest absolute Gasteiger partial charge is 0.126 e. The first-order valence-electron chi connectivity index (χ1n) is 4.20. The Balaban J connectivity index is 2.08. The molecule has 0 saturated carbocycles. The molecular weight excluding hydrogens is 154 g/mol. The van der Waals surface area contributed by atoms with Crippen LogP contribution in [0.3, 0.4) is 0 Å². The highest BCUT2D eigenvalue weighted by Crippen LogP contribution is 2.11. The van der Waals surface area contributed by atoms with Crippen LogP contribution >= 0.6 is 0 Å². The van der Waals surface area contributed by atoms with Crippen LogP contribution in [0.1, 0.15) is 5.82 Å². The van der Waals surface area contributed by atoms with Crippen LogP contribution in [0.5, 0.6) is 0 Å². The second-order valence-electron chi connectivity index (χ2n) is 2.95. The van der Waals surface area contributed by atoms with Crippen molar-refractivity contribution in [3.05, 3.63) is 12.0 Å². The summed E-state index contributed by atoms with van der Waals surface area (Å²) in [5, 5.41) is 0. The van der Waals surface area contributed by atoms with Gasteiger partial charge in [-0.2, -0.15) is 0 Å². The van der Waals surface area contributed by atoms with E-state index >= 15 is 0 Å². The number of morpholine rings is 1. The van der Waals surface area contributed by atoms with E-state index in [0.29, 0.717) is 0 Å². The summed E-state index contributed by atoms with van der Waals surface area (Å²) in [5.41, 5.74) is 0. The molecule has 66 valence electrons. The van der Waals surface area contributed by atoms with Crippen LogP contribution in [0.4, 0.5) is 5.82 Å². The number of nitrogens with zero attached hydrogens (tertiary/aromatic N) is 2. The molecule has 0 aliphatic carbocycles. The van der Waals surface area contributed by atoms with Gasteiger partial charge in [0.25, 0.3) is 0 Å². The molecule has 4 heteroatoms. The van der Waals surface area contributed by atoms with Gasteiger partial charge in [0.15, 0.2) is 0 Å². The molecule has 1 saturated heterocycles. The number of imidazole rings is 1. The van der Waals surface area contributed by atoms with E-state index in [1.165, 1.54) is 0 Å². The number of rotatable bonds is 1. The van der Waals surface area contributed by atoms with E-state index in [0.717, 1.165) is 37.9 Å². The van der Waals surface area contributed by atoms with Crippen LogP contribution in [0.2, 0.25) is 0 Å². The van der Waals surface area contributed by atoms with Crippen molar-refractivity contribution >= 4 is 5.82 Å². The molecule has 0 atom stereocenters. The van der Waals surface area contributed by atoms with Gasteiger partial charge in [-0.25, -0.2) is 4.98 Å². The first-order valence-corrected chi connectivity index (χ1v) is 4.20. The molecule has 0 radical (unpaired) electrons. The average molecular weight is 167 g/mol. The van der Waals surface area contributed by atoms with Crippen LogP contribution in [0, 0.1) is 6.92 Å². The van der Waals surface area contributed by atoms with Crippen molar-refractivity contribution < 1.29 is 4.74 Å². The summed E-state index contributed by atoms with van der Waals surface area (Å²) < 4.78 is 5.25. The molecule has 1 aliphatic heterocycles. The highest BCUT2D eigenvalue weighted by atomic mass is 16.5. The third-order valence-electron chi connectivity index (χ3n) is 2.04. The summed E-state index contributed by atoms with van der Waals surface area (Å²) in [6.45, 7) is 5.52. The molecule has 0 amide bonds. The number of hydrogen-bond donors (Lipinski definition) is 1. The Bertz CT molecular complexity index is 253. The number of ether oxygens (including phenoxy) is 1. The third-order valence-corrected chi connectivity index (χ3v) is 2.04. The van der Waals surface area contributed by atoms with Gasteiger partial charge in [0.1, 0.15) is 11.6 Å². The van der Waals surface area contributed by atoms with Gasteiger partial charge in [0, 0.05) is 13.1 Å². The Kier molecular flexibility index (Phi) is 1.99. The molecule has 0 bridgehead atoms. The number of aryl methyl sites for hydroxylation is 1. The summed E-state index contributed by atoms with van der Waals surface area (Å²) in [5.74, 6) is 2.08. The zero-order valence-corrected chi connectivity index (χ0v) is 7.21. The maximum Gasteiger partial charge on any atom is 0.126 e. The topological polar surface area (TPSA) is 41.2 Å². The molecule has 1 aliphatic rings. The summed E-state index contributed by atoms with van der Waals surface area (Å²) >= 11 is 0. The van der Waals surface area contributed by atoms with E-state index in [2.05, 4.69) is 14.9 Å². The summed E-state index contributed by atoms with van der Waals surface area (Å²) in [6.07, 6.45) is 1.88. The minimum atomic E-state index is 0.818. The van der Waals surface area contributed by atoms with Gasteiger partial charge in [-0.05, 0) is 6.92 Å². The normalized spacial score (nSPS) is 18.2. The quantitative estimate of drug-likeness (QED) is 0.664. The van der Waals surface area contributed by atoms with Gasteiger partial charge in [0.2, 0.25) is 0 Å². The zero-order chi connectivity index (χ0) is 8.39. The van der Waals surface area contributed by atoms with E-state index < -0.39 is 0 Å². The molecule has 4 nitrogen and oxygen atoms in total. The fourth-order valence-corrected chi connectivity index (χ4v) is 1.37. The predicted octanol–water partition coefficient (Wildman–Crippen LogP) is 0.555. The zero-order valence-electron chi connectivity index (χ0n) is 7.21. The Morgan fingerprint density at radius 1 is 1.50 bits per heavy atom. The minimum absolute atomic E-state index is 0.818. The van der Waals surface area contributed by atoms with Crippen molar-refractivity contribution in [3.63, 3.8) is 0 Å². The Hall–Kier alpha value is -1.03. The molecule has 1 aromatic heterocycles. The third kappa shape index (κ3) is 1.43. The first-order chi connectivity index (χ1) is 5.86. The van der Waals surface area contributed by atoms with Gasteiger partial charge in [-0.15, -0.1) is 0 Å². The largest absolute Gasteiger partial charge is 0.378 e. The van der Waals surface area contributed by atoms with Crippen LogP contribution in [0.15, 0.2) is 6.20 Å². The molecule has 2 heterocycles. The van der Waals surface area contributed by atoms with Crippen molar-refractivity contribution in [2.24, 2.45) is 0 Å². The number of aromatic amines is 1. The summed E-state index contributed by atoms with van der Waals surface area (Å²) in [6, 6.07) is 0. The second kappa shape index (κ2) is 3.15. The predicted molar refractivity (Wildman–Crippen MR) is 46.4 cm³/mol. The highest BCUT2D eigenvalue weighted by molar-refractivity contribution is 5.36. The Morgan fingerprint density at radius 3 is 2.83 bits per heavy atom. The van der Waals surface area contributed by atoms with Gasteiger partial charge < -0.3 is 14.6 Å². The van der Waals surface area contributed by atoms with Crippen LogP contribution < -0.4 is 4.90 Å². The standard InChI is InChI=1S/C8H13N3O/c1-7-9-6-8(10-7)11-2-4-12-5-3-11/h6H,2-5H2,1H3,(H,9,10). The van der Waals surface area contributed by atoms with Crippen molar-refractivity contribution in [3.8, 4) is 0 Å². The Morgan fingerprint density at radius 2 is 2.25 bits per heavy atom. The molecular formula is C8H13N3O. The SMILES string of the molecule is Cc1ncc(N2CCOCC2)[nH]1. The maximum atomic E-state index is 5.25. The first kappa shape index (κ1) is 7.61. The summed E-state index contributed by atoms with van der Waals surface area (Å²) in [7, 11) is 0. The number of anilines is 1. The lowest BCUT2D eigenvalue weighted by atomic mass is 10.4. The van der Waals surface area contributed by atoms with Crippen molar-refractivity contribution in [2.75, 3.05) is 31.2 Å². The monoisotopic (exact) mass is 167 g/mol. The lowest BCUT2D eigenvalue weighted by molar-refractivity contribution is 0.122. The van der Waals surface area contributed by atoms with Crippen molar-refractivity contribution in [1.82, 2.24) is 9.97 Å². The van der Waals surface area contributed by atoms with Gasteiger partial charge in [-0.3, -0.25) is 0 Å². The molecule has 0 aromatic carbocycles. The van der Waals surface area contributed by atoms with E-state index in [1.54, 1.807) is 0 Å². The van der Waals surface area contributed by atoms with Crippen molar-refractivity contribution in [2.45, 2.75) is 6.92 Å². The van der Waals surface area contributed by atoms with Crippen LogP contribution in [0.25, 0.3) is 0 Å². The number of H-pyrrole nitrogens is 1. The maximum absolute atomic E-state index is 5.25. The van der Waals surface area contributed by atoms with E-state index in [-0.39, 0.29) is 0 Å². The average Bonchev–Trinajstić information content (AvgIpc) is 2.54. The summed E-state index contributed by atoms with van der Waals surface area (Å²) in [4.78, 5) is 9.61. The van der Waals surface area contributed by atoms with Crippen LogP contribution in [-0.2, 0) is 4.74 Å². The fraction of sp³-hybridized carbons (Fsp3) is 0.625. The Labute approximate surface area is 71.6 Å². The van der Waals surface area contributed by atoms with Gasteiger partial charge in [-0.1, -0.05) is 0 Å². The minimum Gasteiger partial charge on any atom is -0.378 e. The lowest BCUT2D eigenvalue weighted by Crippen LogP contribution is -2.36. The van der Waals surface area contributed by atoms with E-state index in [9.17, 15) is 0 Å². The van der Waals surface area contributed by atoms with Crippen LogP contribution in [-0.4, -0.2) is 36.3 Å². The highest BCUT2D eigenvalue weighted by Gasteiger charge is 2.11.